The van der Waals surface area contributed by atoms with Gasteiger partial charge in [0.2, 0.25) is 0 Å². The summed E-state index contributed by atoms with van der Waals surface area (Å²) in [6.07, 6.45) is 2.20. The van der Waals surface area contributed by atoms with Gasteiger partial charge in [0.25, 0.3) is 0 Å². The molecule has 0 saturated carbocycles. The predicted molar refractivity (Wildman–Crippen MR) is 52.7 cm³/mol. The lowest BCUT2D eigenvalue weighted by atomic mass is 10.1. The van der Waals surface area contributed by atoms with Gasteiger partial charge in [0.05, 0.1) is 11.4 Å². The zero-order valence-electron chi connectivity index (χ0n) is 7.30. The third-order valence-corrected chi connectivity index (χ3v) is 1.81. The highest BCUT2D eigenvalue weighted by Gasteiger charge is 1.97. The summed E-state index contributed by atoms with van der Waals surface area (Å²) >= 11 is 0. The summed E-state index contributed by atoms with van der Waals surface area (Å²) < 4.78 is 0. The molecule has 0 fully saturated rings. The fourth-order valence-electron chi connectivity index (χ4n) is 1.17. The molecular weight excluding hydrogens is 150 g/mol. The van der Waals surface area contributed by atoms with Crippen molar-refractivity contribution in [3.63, 3.8) is 0 Å². The van der Waals surface area contributed by atoms with E-state index in [0.29, 0.717) is 5.69 Å². The van der Waals surface area contributed by atoms with Crippen LogP contribution in [0.5, 0.6) is 0 Å². The molecule has 0 radical (unpaired) electrons. The number of hydrazine groups is 1. The first kappa shape index (κ1) is 8.87. The number of nitrogens with one attached hydrogen (secondary N) is 1. The molecule has 0 bridgehead atoms. The number of hydrogen-bond acceptors (Lipinski definition) is 3. The second kappa shape index (κ2) is 3.97. The molecule has 5 N–H and O–H groups in total. The molecule has 0 heterocycles. The molecule has 1 aromatic carbocycles. The van der Waals surface area contributed by atoms with Crippen LogP contribution in [0.15, 0.2) is 18.2 Å². The number of nitrogen functional groups attached to an aromatic ring is 2. The predicted octanol–water partition coefficient (Wildman–Crippen LogP) is 1.51. The van der Waals surface area contributed by atoms with Gasteiger partial charge in [-0.3, -0.25) is 5.84 Å². The van der Waals surface area contributed by atoms with Crippen LogP contribution in [0.2, 0.25) is 0 Å². The highest BCUT2D eigenvalue weighted by atomic mass is 15.2. The van der Waals surface area contributed by atoms with Crippen molar-refractivity contribution in [3.05, 3.63) is 23.8 Å². The van der Waals surface area contributed by atoms with Crippen LogP contribution in [0.1, 0.15) is 18.9 Å². The van der Waals surface area contributed by atoms with Crippen molar-refractivity contribution in [1.82, 2.24) is 0 Å². The van der Waals surface area contributed by atoms with Crippen LogP contribution in [-0.4, -0.2) is 0 Å². The van der Waals surface area contributed by atoms with Gasteiger partial charge in [-0.15, -0.1) is 0 Å². The van der Waals surface area contributed by atoms with Gasteiger partial charge in [-0.05, 0) is 24.1 Å². The van der Waals surface area contributed by atoms with E-state index in [1.54, 1.807) is 0 Å². The summed E-state index contributed by atoms with van der Waals surface area (Å²) in [5, 5.41) is 0. The molecule has 1 aromatic rings. The minimum Gasteiger partial charge on any atom is -0.397 e. The SMILES string of the molecule is CCCc1ccc(N)c(NN)c1. The van der Waals surface area contributed by atoms with Crippen molar-refractivity contribution in [1.29, 1.82) is 0 Å². The molecule has 0 saturated heterocycles. The number of aryl methyl sites for hydroxylation is 1. The first-order valence-corrected chi connectivity index (χ1v) is 4.13. The number of benzene rings is 1. The quantitative estimate of drug-likeness (QED) is 0.361. The Bertz CT molecular complexity index is 258. The molecule has 0 aliphatic heterocycles. The van der Waals surface area contributed by atoms with Gasteiger partial charge in [-0.25, -0.2) is 0 Å². The van der Waals surface area contributed by atoms with Crippen LogP contribution in [0.25, 0.3) is 0 Å². The van der Waals surface area contributed by atoms with Crippen molar-refractivity contribution >= 4 is 11.4 Å². The standard InChI is InChI=1S/C9H15N3/c1-2-3-7-4-5-8(10)9(6-7)12-11/h4-6,12H,2-3,10-11H2,1H3. The zero-order valence-corrected chi connectivity index (χ0v) is 7.30. The lowest BCUT2D eigenvalue weighted by molar-refractivity contribution is 0.922. The van der Waals surface area contributed by atoms with Crippen LogP contribution in [-0.2, 0) is 6.42 Å². The maximum atomic E-state index is 5.65. The maximum absolute atomic E-state index is 5.65. The first-order chi connectivity index (χ1) is 5.77. The van der Waals surface area contributed by atoms with Crippen LogP contribution in [0, 0.1) is 0 Å². The average Bonchev–Trinajstić information content (AvgIpc) is 2.09. The van der Waals surface area contributed by atoms with Gasteiger partial charge < -0.3 is 11.2 Å². The van der Waals surface area contributed by atoms with Crippen LogP contribution >= 0.6 is 0 Å². The lowest BCUT2D eigenvalue weighted by Gasteiger charge is -2.06. The fourth-order valence-corrected chi connectivity index (χ4v) is 1.17. The summed E-state index contributed by atoms with van der Waals surface area (Å²) in [6.45, 7) is 2.14. The Hall–Kier alpha value is -1.22. The van der Waals surface area contributed by atoms with Crippen LogP contribution < -0.4 is 17.0 Å². The third kappa shape index (κ3) is 1.89. The van der Waals surface area contributed by atoms with E-state index in [2.05, 4.69) is 12.3 Å². The monoisotopic (exact) mass is 165 g/mol. The van der Waals surface area contributed by atoms with Crippen molar-refractivity contribution in [2.75, 3.05) is 11.2 Å². The summed E-state index contributed by atoms with van der Waals surface area (Å²) in [7, 11) is 0. The van der Waals surface area contributed by atoms with E-state index in [1.165, 1.54) is 5.56 Å². The first-order valence-electron chi connectivity index (χ1n) is 4.13. The number of anilines is 2. The van der Waals surface area contributed by atoms with E-state index in [4.69, 9.17) is 11.6 Å². The van der Waals surface area contributed by atoms with Gasteiger partial charge in [-0.1, -0.05) is 19.4 Å². The van der Waals surface area contributed by atoms with Crippen molar-refractivity contribution in [2.45, 2.75) is 19.8 Å². The summed E-state index contributed by atoms with van der Waals surface area (Å²) in [5.41, 5.74) is 11.0. The lowest BCUT2D eigenvalue weighted by Crippen LogP contribution is -2.09. The Morgan fingerprint density at radius 3 is 2.75 bits per heavy atom. The second-order valence-electron chi connectivity index (χ2n) is 2.82. The van der Waals surface area contributed by atoms with Crippen molar-refractivity contribution in [2.24, 2.45) is 5.84 Å². The van der Waals surface area contributed by atoms with Gasteiger partial charge in [0, 0.05) is 0 Å². The maximum Gasteiger partial charge on any atom is 0.0718 e. The van der Waals surface area contributed by atoms with Crippen molar-refractivity contribution in [3.8, 4) is 0 Å². The summed E-state index contributed by atoms with van der Waals surface area (Å²) in [5.74, 6) is 5.29. The number of hydrogen-bond donors (Lipinski definition) is 3. The molecule has 0 atom stereocenters. The Morgan fingerprint density at radius 1 is 1.42 bits per heavy atom. The smallest absolute Gasteiger partial charge is 0.0718 e. The zero-order chi connectivity index (χ0) is 8.97. The van der Waals surface area contributed by atoms with Crippen molar-refractivity contribution < 1.29 is 0 Å². The van der Waals surface area contributed by atoms with E-state index in [0.717, 1.165) is 18.5 Å². The minimum absolute atomic E-state index is 0.692. The molecule has 3 nitrogen and oxygen atoms in total. The van der Waals surface area contributed by atoms with Gasteiger partial charge in [0.15, 0.2) is 0 Å². The van der Waals surface area contributed by atoms with Crippen LogP contribution in [0.3, 0.4) is 0 Å². The Morgan fingerprint density at radius 2 is 2.17 bits per heavy atom. The molecular formula is C9H15N3. The van der Waals surface area contributed by atoms with E-state index >= 15 is 0 Å². The van der Waals surface area contributed by atoms with Gasteiger partial charge in [0.1, 0.15) is 0 Å². The Kier molecular flexibility index (Phi) is 2.94. The number of rotatable bonds is 3. The van der Waals surface area contributed by atoms with Gasteiger partial charge in [-0.2, -0.15) is 0 Å². The normalized spacial score (nSPS) is 9.83. The molecule has 1 rings (SSSR count). The summed E-state index contributed by atoms with van der Waals surface area (Å²) in [4.78, 5) is 0. The van der Waals surface area contributed by atoms with E-state index < -0.39 is 0 Å². The molecule has 0 aromatic heterocycles. The highest BCUT2D eigenvalue weighted by molar-refractivity contribution is 5.66. The molecule has 0 amide bonds. The molecule has 0 aliphatic carbocycles. The average molecular weight is 165 g/mol. The summed E-state index contributed by atoms with van der Waals surface area (Å²) in [6, 6.07) is 5.89. The third-order valence-electron chi connectivity index (χ3n) is 1.81. The van der Waals surface area contributed by atoms with E-state index in [9.17, 15) is 0 Å². The van der Waals surface area contributed by atoms with Crippen LogP contribution in [0.4, 0.5) is 11.4 Å². The highest BCUT2D eigenvalue weighted by Crippen LogP contribution is 2.19. The molecule has 0 aliphatic rings. The molecule has 3 heteroatoms. The van der Waals surface area contributed by atoms with E-state index in [1.807, 2.05) is 18.2 Å². The minimum atomic E-state index is 0.692. The molecule has 12 heavy (non-hydrogen) atoms. The second-order valence-corrected chi connectivity index (χ2v) is 2.82. The fraction of sp³-hybridized carbons (Fsp3) is 0.333. The van der Waals surface area contributed by atoms with Gasteiger partial charge >= 0.3 is 0 Å². The number of nitrogens with two attached hydrogens (primary N) is 2. The largest absolute Gasteiger partial charge is 0.397 e. The topological polar surface area (TPSA) is 64.1 Å². The van der Waals surface area contributed by atoms with E-state index in [-0.39, 0.29) is 0 Å². The Balaban J connectivity index is 2.89. The molecule has 66 valence electrons. The Labute approximate surface area is 72.7 Å². The molecule has 0 spiro atoms. The molecule has 0 unspecified atom stereocenters.